The first-order valence-electron chi connectivity index (χ1n) is 5.87. The number of hydrogen-bond acceptors (Lipinski definition) is 4. The van der Waals surface area contributed by atoms with Crippen molar-refractivity contribution in [3.8, 4) is 11.3 Å². The fourth-order valence-electron chi connectivity index (χ4n) is 1.56. The second-order valence-electron chi connectivity index (χ2n) is 4.16. The van der Waals surface area contributed by atoms with Crippen molar-refractivity contribution in [3.63, 3.8) is 0 Å². The van der Waals surface area contributed by atoms with Gasteiger partial charge in [0.25, 0.3) is 0 Å². The third-order valence-electron chi connectivity index (χ3n) is 2.93. The third kappa shape index (κ3) is 2.66. The van der Waals surface area contributed by atoms with Crippen LogP contribution in [-0.4, -0.2) is 11.0 Å². The smallest absolute Gasteiger partial charge is 0.200 e. The Morgan fingerprint density at radius 1 is 1.44 bits per heavy atom. The van der Waals surface area contributed by atoms with Crippen molar-refractivity contribution in [3.05, 3.63) is 34.7 Å². The topological polar surface area (TPSA) is 42.1 Å². The predicted octanol–water partition coefficient (Wildman–Crippen LogP) is 3.94. The number of anilines is 1. The molecule has 0 fully saturated rings. The summed E-state index contributed by atoms with van der Waals surface area (Å²) in [6, 6.07) is 7.97. The molecule has 0 bridgehead atoms. The molecule has 0 aliphatic heterocycles. The van der Waals surface area contributed by atoms with Crippen LogP contribution in [-0.2, 0) is 0 Å². The Bertz CT molecular complexity index is 526. The number of hydrogen-bond donors (Lipinski definition) is 1. The standard InChI is InChI=1S/C13H16ClN3S/c1-3-9(2)17(15)13-16-12(8-18-13)10-6-4-5-7-11(10)14/h4-9H,3,15H2,1-2H3. The predicted molar refractivity (Wildman–Crippen MR) is 79.0 cm³/mol. The molecule has 0 aliphatic rings. The summed E-state index contributed by atoms with van der Waals surface area (Å²) in [7, 11) is 0. The molecule has 2 aromatic rings. The minimum Gasteiger partial charge on any atom is -0.283 e. The van der Waals surface area contributed by atoms with Gasteiger partial charge in [0, 0.05) is 22.0 Å². The molecule has 0 saturated carbocycles. The minimum atomic E-state index is 0.273. The molecule has 0 radical (unpaired) electrons. The Morgan fingerprint density at radius 2 is 2.17 bits per heavy atom. The third-order valence-corrected chi connectivity index (χ3v) is 4.11. The van der Waals surface area contributed by atoms with E-state index in [2.05, 4.69) is 18.8 Å². The Morgan fingerprint density at radius 3 is 2.83 bits per heavy atom. The highest BCUT2D eigenvalue weighted by molar-refractivity contribution is 7.14. The van der Waals surface area contributed by atoms with Gasteiger partial charge in [-0.05, 0) is 19.4 Å². The number of aromatic nitrogens is 1. The molecule has 18 heavy (non-hydrogen) atoms. The van der Waals surface area contributed by atoms with Crippen LogP contribution in [0.5, 0.6) is 0 Å². The first-order valence-corrected chi connectivity index (χ1v) is 7.13. The molecular weight excluding hydrogens is 266 g/mol. The number of thiazole rings is 1. The lowest BCUT2D eigenvalue weighted by molar-refractivity contribution is 0.632. The van der Waals surface area contributed by atoms with Crippen molar-refractivity contribution >= 4 is 28.1 Å². The van der Waals surface area contributed by atoms with E-state index < -0.39 is 0 Å². The van der Waals surface area contributed by atoms with Crippen LogP contribution < -0.4 is 10.9 Å². The monoisotopic (exact) mass is 281 g/mol. The molecule has 1 aromatic carbocycles. The van der Waals surface area contributed by atoms with Crippen LogP contribution >= 0.6 is 22.9 Å². The molecule has 2 rings (SSSR count). The van der Waals surface area contributed by atoms with Crippen molar-refractivity contribution in [2.45, 2.75) is 26.3 Å². The van der Waals surface area contributed by atoms with Gasteiger partial charge in [-0.3, -0.25) is 5.01 Å². The summed E-state index contributed by atoms with van der Waals surface area (Å²) in [4.78, 5) is 4.55. The van der Waals surface area contributed by atoms with Gasteiger partial charge in [-0.25, -0.2) is 10.8 Å². The molecular formula is C13H16ClN3S. The molecule has 1 aromatic heterocycles. The van der Waals surface area contributed by atoms with Gasteiger partial charge in [-0.15, -0.1) is 11.3 Å². The fourth-order valence-corrected chi connectivity index (χ4v) is 2.64. The van der Waals surface area contributed by atoms with Gasteiger partial charge in [-0.1, -0.05) is 36.7 Å². The molecule has 0 saturated heterocycles. The number of halogens is 1. The van der Waals surface area contributed by atoms with E-state index in [0.717, 1.165) is 22.8 Å². The van der Waals surface area contributed by atoms with E-state index in [1.807, 2.05) is 29.6 Å². The van der Waals surface area contributed by atoms with Gasteiger partial charge in [0.1, 0.15) is 0 Å². The summed E-state index contributed by atoms with van der Waals surface area (Å²) >= 11 is 7.69. The van der Waals surface area contributed by atoms with Gasteiger partial charge in [-0.2, -0.15) is 0 Å². The maximum atomic E-state index is 6.16. The van der Waals surface area contributed by atoms with E-state index in [9.17, 15) is 0 Å². The quantitative estimate of drug-likeness (QED) is 0.682. The molecule has 1 unspecified atom stereocenters. The van der Waals surface area contributed by atoms with Crippen LogP contribution in [0.3, 0.4) is 0 Å². The van der Waals surface area contributed by atoms with Crippen LogP contribution in [0.1, 0.15) is 20.3 Å². The number of benzene rings is 1. The summed E-state index contributed by atoms with van der Waals surface area (Å²) in [6.45, 7) is 4.18. The second-order valence-corrected chi connectivity index (χ2v) is 5.40. The normalized spacial score (nSPS) is 12.4. The highest BCUT2D eigenvalue weighted by Gasteiger charge is 2.14. The maximum absolute atomic E-state index is 6.16. The zero-order chi connectivity index (χ0) is 13.1. The first-order chi connectivity index (χ1) is 8.63. The Balaban J connectivity index is 2.29. The van der Waals surface area contributed by atoms with E-state index in [1.54, 1.807) is 5.01 Å². The summed E-state index contributed by atoms with van der Waals surface area (Å²) in [5.41, 5.74) is 1.82. The van der Waals surface area contributed by atoms with E-state index >= 15 is 0 Å². The lowest BCUT2D eigenvalue weighted by atomic mass is 10.2. The highest BCUT2D eigenvalue weighted by Crippen LogP contribution is 2.31. The number of rotatable bonds is 4. The minimum absolute atomic E-state index is 0.273. The van der Waals surface area contributed by atoms with Crippen LogP contribution in [0.4, 0.5) is 5.13 Å². The lowest BCUT2D eigenvalue weighted by Gasteiger charge is -2.21. The van der Waals surface area contributed by atoms with Crippen LogP contribution in [0.2, 0.25) is 5.02 Å². The molecule has 1 heterocycles. The molecule has 2 N–H and O–H groups in total. The first kappa shape index (κ1) is 13.3. The summed E-state index contributed by atoms with van der Waals surface area (Å²) in [6.07, 6.45) is 0.984. The van der Waals surface area contributed by atoms with E-state index in [0.29, 0.717) is 5.02 Å². The molecule has 5 heteroatoms. The van der Waals surface area contributed by atoms with Crippen LogP contribution in [0, 0.1) is 0 Å². The zero-order valence-electron chi connectivity index (χ0n) is 10.4. The molecule has 0 aliphatic carbocycles. The average Bonchev–Trinajstić information content (AvgIpc) is 2.87. The summed E-state index contributed by atoms with van der Waals surface area (Å²) in [5.74, 6) is 6.03. The van der Waals surface area contributed by atoms with Gasteiger partial charge in [0.2, 0.25) is 0 Å². The van der Waals surface area contributed by atoms with Crippen molar-refractivity contribution < 1.29 is 0 Å². The lowest BCUT2D eigenvalue weighted by Crippen LogP contribution is -2.38. The number of nitrogens with zero attached hydrogens (tertiary/aromatic N) is 2. The molecule has 3 nitrogen and oxygen atoms in total. The molecule has 96 valence electrons. The van der Waals surface area contributed by atoms with Crippen molar-refractivity contribution in [2.75, 3.05) is 5.01 Å². The molecule has 1 atom stereocenters. The van der Waals surface area contributed by atoms with E-state index in [4.69, 9.17) is 17.4 Å². The van der Waals surface area contributed by atoms with Gasteiger partial charge in [0.05, 0.1) is 5.69 Å². The van der Waals surface area contributed by atoms with Crippen molar-refractivity contribution in [1.29, 1.82) is 0 Å². The van der Waals surface area contributed by atoms with Crippen LogP contribution in [0.15, 0.2) is 29.6 Å². The zero-order valence-corrected chi connectivity index (χ0v) is 12.0. The second kappa shape index (κ2) is 5.69. The SMILES string of the molecule is CCC(C)N(N)c1nc(-c2ccccc2Cl)cs1. The fraction of sp³-hybridized carbons (Fsp3) is 0.308. The van der Waals surface area contributed by atoms with Gasteiger partial charge in [0.15, 0.2) is 5.13 Å². The molecule has 0 spiro atoms. The van der Waals surface area contributed by atoms with Crippen molar-refractivity contribution in [1.82, 2.24) is 4.98 Å². The number of nitrogens with two attached hydrogens (primary N) is 1. The van der Waals surface area contributed by atoms with E-state index in [1.165, 1.54) is 11.3 Å². The van der Waals surface area contributed by atoms with Gasteiger partial charge < -0.3 is 0 Å². The molecule has 0 amide bonds. The highest BCUT2D eigenvalue weighted by atomic mass is 35.5. The number of hydrazine groups is 1. The Kier molecular flexibility index (Phi) is 4.22. The maximum Gasteiger partial charge on any atom is 0.200 e. The summed E-state index contributed by atoms with van der Waals surface area (Å²) < 4.78 is 0. The van der Waals surface area contributed by atoms with Gasteiger partial charge >= 0.3 is 0 Å². The van der Waals surface area contributed by atoms with E-state index in [-0.39, 0.29) is 6.04 Å². The summed E-state index contributed by atoms with van der Waals surface area (Å²) in [5, 5.41) is 5.23. The Labute approximate surface area is 116 Å². The van der Waals surface area contributed by atoms with Crippen LogP contribution in [0.25, 0.3) is 11.3 Å². The largest absolute Gasteiger partial charge is 0.283 e. The van der Waals surface area contributed by atoms with Crippen molar-refractivity contribution in [2.24, 2.45) is 5.84 Å². The Hall–Kier alpha value is -1.10. The average molecular weight is 282 g/mol.